The van der Waals surface area contributed by atoms with Crippen LogP contribution in [0.5, 0.6) is 0 Å². The van der Waals surface area contributed by atoms with Crippen molar-refractivity contribution >= 4 is 38.9 Å². The number of hydrogen-bond donors (Lipinski definition) is 0. The van der Waals surface area contributed by atoms with E-state index in [2.05, 4.69) is 155 Å². The summed E-state index contributed by atoms with van der Waals surface area (Å²) in [5.41, 5.74) is 11.6. The molecule has 2 heterocycles. The van der Waals surface area contributed by atoms with Gasteiger partial charge in [-0.05, 0) is 78.9 Å². The molecule has 7 aromatic carbocycles. The zero-order chi connectivity index (χ0) is 34.9. The second-order valence-corrected chi connectivity index (χ2v) is 12.6. The third kappa shape index (κ3) is 5.65. The summed E-state index contributed by atoms with van der Waals surface area (Å²) in [6.07, 6.45) is 0. The van der Waals surface area contributed by atoms with Gasteiger partial charge in [-0.2, -0.15) is 5.26 Å². The standard InChI is InChI=1S/C47H31N5/c48-32-33-13-12-16-36(29-33)47-49-43(34-14-4-1-5-15-34)31-44(50-47)35-23-25-39(26-24-35)52-45-22-11-10-21-41(45)42-30-40(27-28-46(42)52)51(37-17-6-2-7-18-37)38-19-8-3-9-20-38/h1-31H. The van der Waals surface area contributed by atoms with Crippen molar-refractivity contribution in [2.24, 2.45) is 0 Å². The molecule has 0 bridgehead atoms. The third-order valence-electron chi connectivity index (χ3n) is 9.41. The molecule has 0 saturated heterocycles. The second-order valence-electron chi connectivity index (χ2n) is 12.6. The molecule has 0 radical (unpaired) electrons. The Morgan fingerprint density at radius 1 is 0.442 bits per heavy atom. The Labute approximate surface area is 302 Å². The maximum Gasteiger partial charge on any atom is 0.160 e. The van der Waals surface area contributed by atoms with Crippen LogP contribution < -0.4 is 4.90 Å². The molecule has 0 saturated carbocycles. The summed E-state index contributed by atoms with van der Waals surface area (Å²) in [6, 6.07) is 66.8. The minimum atomic E-state index is 0.572. The molecule has 0 spiro atoms. The number of rotatable bonds is 7. The van der Waals surface area contributed by atoms with Gasteiger partial charge < -0.3 is 9.47 Å². The SMILES string of the molecule is N#Cc1cccc(-c2nc(-c3ccccc3)cc(-c3ccc(-n4c5ccccc5c5cc(N(c6ccccc6)c6ccccc6)ccc54)cc3)n2)c1. The van der Waals surface area contributed by atoms with Gasteiger partial charge in [-0.3, -0.25) is 0 Å². The molecule has 0 aliphatic rings. The molecule has 244 valence electrons. The van der Waals surface area contributed by atoms with E-state index in [1.165, 1.54) is 10.8 Å². The zero-order valence-electron chi connectivity index (χ0n) is 28.1. The highest BCUT2D eigenvalue weighted by molar-refractivity contribution is 6.10. The molecule has 0 fully saturated rings. The van der Waals surface area contributed by atoms with Crippen molar-refractivity contribution in [1.29, 1.82) is 5.26 Å². The van der Waals surface area contributed by atoms with E-state index in [9.17, 15) is 5.26 Å². The highest BCUT2D eigenvalue weighted by Gasteiger charge is 2.18. The first kappa shape index (κ1) is 30.7. The zero-order valence-corrected chi connectivity index (χ0v) is 28.1. The predicted octanol–water partition coefficient (Wildman–Crippen LogP) is 11.9. The fraction of sp³-hybridized carbons (Fsp3) is 0. The van der Waals surface area contributed by atoms with Crippen molar-refractivity contribution in [3.05, 3.63) is 194 Å². The molecule has 0 N–H and O–H groups in total. The van der Waals surface area contributed by atoms with E-state index in [1.54, 1.807) is 6.07 Å². The number of hydrogen-bond acceptors (Lipinski definition) is 4. The first-order chi connectivity index (χ1) is 25.7. The summed E-state index contributed by atoms with van der Waals surface area (Å²) < 4.78 is 2.34. The average molecular weight is 666 g/mol. The first-order valence-corrected chi connectivity index (χ1v) is 17.2. The minimum Gasteiger partial charge on any atom is -0.310 e. The smallest absolute Gasteiger partial charge is 0.160 e. The van der Waals surface area contributed by atoms with Crippen LogP contribution in [0.15, 0.2) is 188 Å². The highest BCUT2D eigenvalue weighted by Crippen LogP contribution is 2.40. The van der Waals surface area contributed by atoms with E-state index in [-0.39, 0.29) is 0 Å². The van der Waals surface area contributed by atoms with Crippen LogP contribution in [-0.2, 0) is 0 Å². The van der Waals surface area contributed by atoms with Crippen LogP contribution in [0.25, 0.3) is 61.4 Å². The number of aromatic nitrogens is 3. The van der Waals surface area contributed by atoms with Crippen LogP contribution in [-0.4, -0.2) is 14.5 Å². The van der Waals surface area contributed by atoms with Gasteiger partial charge in [0.1, 0.15) is 0 Å². The lowest BCUT2D eigenvalue weighted by molar-refractivity contribution is 1.17. The summed E-state index contributed by atoms with van der Waals surface area (Å²) in [7, 11) is 0. The van der Waals surface area contributed by atoms with Crippen LogP contribution in [0.1, 0.15) is 5.56 Å². The second kappa shape index (κ2) is 13.2. The van der Waals surface area contributed by atoms with E-state index in [4.69, 9.17) is 9.97 Å². The van der Waals surface area contributed by atoms with Crippen LogP contribution >= 0.6 is 0 Å². The lowest BCUT2D eigenvalue weighted by atomic mass is 10.1. The van der Waals surface area contributed by atoms with Crippen molar-refractivity contribution in [3.63, 3.8) is 0 Å². The Balaban J connectivity index is 1.15. The number of benzene rings is 7. The minimum absolute atomic E-state index is 0.572. The number of anilines is 3. The van der Waals surface area contributed by atoms with Crippen molar-refractivity contribution < 1.29 is 0 Å². The molecule has 2 aromatic heterocycles. The van der Waals surface area contributed by atoms with Crippen LogP contribution in [0.4, 0.5) is 17.1 Å². The Kier molecular flexibility index (Phi) is 7.81. The van der Waals surface area contributed by atoms with E-state index >= 15 is 0 Å². The molecule has 0 unspecified atom stereocenters. The molecule has 0 aliphatic carbocycles. The fourth-order valence-corrected chi connectivity index (χ4v) is 6.97. The Morgan fingerprint density at radius 2 is 1.02 bits per heavy atom. The van der Waals surface area contributed by atoms with Gasteiger partial charge in [0.25, 0.3) is 0 Å². The quantitative estimate of drug-likeness (QED) is 0.170. The number of fused-ring (bicyclic) bond motifs is 3. The van der Waals surface area contributed by atoms with E-state index in [0.29, 0.717) is 11.4 Å². The Bertz CT molecular complexity index is 2690. The highest BCUT2D eigenvalue weighted by atomic mass is 15.1. The van der Waals surface area contributed by atoms with Gasteiger partial charge in [-0.15, -0.1) is 0 Å². The van der Waals surface area contributed by atoms with Gasteiger partial charge in [0.2, 0.25) is 0 Å². The van der Waals surface area contributed by atoms with Crippen molar-refractivity contribution in [3.8, 4) is 45.7 Å². The lowest BCUT2D eigenvalue weighted by Crippen LogP contribution is -2.09. The summed E-state index contributed by atoms with van der Waals surface area (Å²) in [6.45, 7) is 0. The number of nitriles is 1. The summed E-state index contributed by atoms with van der Waals surface area (Å²) in [4.78, 5) is 12.2. The van der Waals surface area contributed by atoms with Crippen molar-refractivity contribution in [1.82, 2.24) is 14.5 Å². The monoisotopic (exact) mass is 665 g/mol. The Hall–Kier alpha value is -7.29. The van der Waals surface area contributed by atoms with Gasteiger partial charge in [-0.1, -0.05) is 109 Å². The van der Waals surface area contributed by atoms with Crippen molar-refractivity contribution in [2.45, 2.75) is 0 Å². The maximum atomic E-state index is 9.55. The predicted molar refractivity (Wildman–Crippen MR) is 212 cm³/mol. The van der Waals surface area contributed by atoms with Crippen LogP contribution in [0.2, 0.25) is 0 Å². The molecule has 9 aromatic rings. The van der Waals surface area contributed by atoms with E-state index in [0.717, 1.165) is 61.9 Å². The molecule has 9 rings (SSSR count). The normalized spacial score (nSPS) is 11.1. The maximum absolute atomic E-state index is 9.55. The number of para-hydroxylation sites is 3. The molecule has 5 nitrogen and oxygen atoms in total. The summed E-state index contributed by atoms with van der Waals surface area (Å²) in [5.74, 6) is 0.579. The third-order valence-corrected chi connectivity index (χ3v) is 9.41. The largest absolute Gasteiger partial charge is 0.310 e. The fourth-order valence-electron chi connectivity index (χ4n) is 6.97. The molecule has 0 amide bonds. The number of nitrogens with zero attached hydrogens (tertiary/aromatic N) is 5. The van der Waals surface area contributed by atoms with E-state index in [1.807, 2.05) is 42.5 Å². The average Bonchev–Trinajstić information content (AvgIpc) is 3.56. The van der Waals surface area contributed by atoms with Gasteiger partial charge in [-0.25, -0.2) is 9.97 Å². The topological polar surface area (TPSA) is 57.7 Å². The van der Waals surface area contributed by atoms with Crippen molar-refractivity contribution in [2.75, 3.05) is 4.90 Å². The lowest BCUT2D eigenvalue weighted by Gasteiger charge is -2.25. The summed E-state index contributed by atoms with van der Waals surface area (Å²) in [5, 5.41) is 11.9. The van der Waals surface area contributed by atoms with Gasteiger partial charge in [0.15, 0.2) is 5.82 Å². The van der Waals surface area contributed by atoms with Gasteiger partial charge >= 0.3 is 0 Å². The van der Waals surface area contributed by atoms with Gasteiger partial charge in [0, 0.05) is 50.2 Å². The molecular formula is C47H31N5. The molecule has 5 heteroatoms. The summed E-state index contributed by atoms with van der Waals surface area (Å²) >= 11 is 0. The van der Waals surface area contributed by atoms with Crippen LogP contribution in [0, 0.1) is 11.3 Å². The van der Waals surface area contributed by atoms with Gasteiger partial charge in [0.05, 0.1) is 34.1 Å². The molecule has 0 atom stereocenters. The Morgan fingerprint density at radius 3 is 1.69 bits per heavy atom. The molecular weight excluding hydrogens is 635 g/mol. The first-order valence-electron chi connectivity index (χ1n) is 17.2. The molecule has 0 aliphatic heterocycles. The van der Waals surface area contributed by atoms with E-state index < -0.39 is 0 Å². The van der Waals surface area contributed by atoms with Crippen LogP contribution in [0.3, 0.4) is 0 Å². The molecule has 52 heavy (non-hydrogen) atoms.